The first-order chi connectivity index (χ1) is 14.1. The number of rotatable bonds is 12. The minimum absolute atomic E-state index is 0.0438. The highest BCUT2D eigenvalue weighted by Crippen LogP contribution is 2.41. The van der Waals surface area contributed by atoms with E-state index >= 15 is 0 Å². The molecule has 1 saturated heterocycles. The van der Waals surface area contributed by atoms with Gasteiger partial charge in [-0.15, -0.1) is 11.8 Å². The average Bonchev–Trinajstić information content (AvgIpc) is 2.97. The number of nitrogens with zero attached hydrogens (tertiary/aromatic N) is 1. The summed E-state index contributed by atoms with van der Waals surface area (Å²) in [6.45, 7) is 13.6. The van der Waals surface area contributed by atoms with Crippen LogP contribution in [0.25, 0.3) is 0 Å². The Labute approximate surface area is 189 Å². The van der Waals surface area contributed by atoms with Gasteiger partial charge < -0.3 is 0 Å². The Kier molecular flexibility index (Phi) is 9.08. The van der Waals surface area contributed by atoms with Crippen LogP contribution in [-0.4, -0.2) is 30.1 Å². The second kappa shape index (κ2) is 10.9. The largest absolute Gasteiger partial charge is 0.274 e. The molecule has 1 fully saturated rings. The van der Waals surface area contributed by atoms with Crippen LogP contribution in [0.5, 0.6) is 0 Å². The van der Waals surface area contributed by atoms with Crippen molar-refractivity contribution in [2.75, 3.05) is 10.7 Å². The molecule has 1 aliphatic heterocycles. The fraction of sp³-hybridized carbons (Fsp3) is 0.680. The summed E-state index contributed by atoms with van der Waals surface area (Å²) >= 11 is 1.66. The van der Waals surface area contributed by atoms with Gasteiger partial charge in [0, 0.05) is 6.42 Å². The van der Waals surface area contributed by atoms with Gasteiger partial charge in [0.1, 0.15) is 7.28 Å². The molecular formula is C25H40BNO2S. The van der Waals surface area contributed by atoms with Crippen molar-refractivity contribution in [3.63, 3.8) is 0 Å². The third kappa shape index (κ3) is 6.64. The summed E-state index contributed by atoms with van der Waals surface area (Å²) in [7, 11) is 1.14. The van der Waals surface area contributed by atoms with E-state index in [1.54, 1.807) is 11.8 Å². The van der Waals surface area contributed by atoms with Gasteiger partial charge in [0.05, 0.1) is 10.9 Å². The SMILES string of the molecule is CBC(C)(C)CC(C)(C)c1ccc(N2C(=O)CC(SCCCCCCC)C2=O)cc1. The number of imide groups is 1. The first kappa shape index (κ1) is 25.0. The van der Waals surface area contributed by atoms with Gasteiger partial charge in [-0.3, -0.25) is 9.59 Å². The lowest BCUT2D eigenvalue weighted by Crippen LogP contribution is -2.31. The lowest BCUT2D eigenvalue weighted by atomic mass is 9.51. The maximum absolute atomic E-state index is 12.9. The molecule has 1 aromatic rings. The fourth-order valence-electron chi connectivity index (χ4n) is 4.42. The first-order valence-electron chi connectivity index (χ1n) is 11.7. The van der Waals surface area contributed by atoms with Gasteiger partial charge in [0.25, 0.3) is 0 Å². The molecule has 5 heteroatoms. The molecule has 166 valence electrons. The van der Waals surface area contributed by atoms with Crippen molar-refractivity contribution in [3.05, 3.63) is 29.8 Å². The number of carbonyl (C=O) groups excluding carboxylic acids is 2. The van der Waals surface area contributed by atoms with Crippen molar-refractivity contribution in [3.8, 4) is 0 Å². The molecule has 0 bridgehead atoms. The molecule has 0 N–H and O–H groups in total. The van der Waals surface area contributed by atoms with E-state index in [1.165, 1.54) is 36.1 Å². The van der Waals surface area contributed by atoms with Crippen molar-refractivity contribution >= 4 is 36.5 Å². The summed E-state index contributed by atoms with van der Waals surface area (Å²) in [5.74, 6) is 0.849. The zero-order valence-electron chi connectivity index (χ0n) is 19.9. The number of hydrogen-bond acceptors (Lipinski definition) is 3. The molecule has 0 aromatic heterocycles. The molecule has 30 heavy (non-hydrogen) atoms. The van der Waals surface area contributed by atoms with Crippen LogP contribution < -0.4 is 4.90 Å². The van der Waals surface area contributed by atoms with E-state index in [-0.39, 0.29) is 27.8 Å². The van der Waals surface area contributed by atoms with Crippen LogP contribution in [-0.2, 0) is 15.0 Å². The smallest absolute Gasteiger partial charge is 0.247 e. The van der Waals surface area contributed by atoms with E-state index in [4.69, 9.17) is 0 Å². The third-order valence-electron chi connectivity index (χ3n) is 6.46. The highest BCUT2D eigenvalue weighted by Gasteiger charge is 2.39. The predicted molar refractivity (Wildman–Crippen MR) is 133 cm³/mol. The molecule has 3 nitrogen and oxygen atoms in total. The van der Waals surface area contributed by atoms with Crippen molar-refractivity contribution in [1.82, 2.24) is 0 Å². The molecule has 1 atom stereocenters. The molecule has 1 aromatic carbocycles. The van der Waals surface area contributed by atoms with E-state index in [9.17, 15) is 9.59 Å². The molecule has 2 rings (SSSR count). The van der Waals surface area contributed by atoms with Gasteiger partial charge in [-0.2, -0.15) is 0 Å². The lowest BCUT2D eigenvalue weighted by molar-refractivity contribution is -0.121. The maximum atomic E-state index is 12.9. The second-order valence-corrected chi connectivity index (χ2v) is 11.5. The highest BCUT2D eigenvalue weighted by atomic mass is 32.2. The Morgan fingerprint density at radius 1 is 1.03 bits per heavy atom. The molecule has 2 amide bonds. The number of unbranched alkanes of at least 4 members (excludes halogenated alkanes) is 4. The zero-order chi connectivity index (χ0) is 22.4. The molecular weight excluding hydrogens is 389 g/mol. The molecule has 1 aliphatic rings. The number of hydrogen-bond donors (Lipinski definition) is 0. The molecule has 0 aliphatic carbocycles. The second-order valence-electron chi connectivity index (χ2n) is 10.2. The van der Waals surface area contributed by atoms with Gasteiger partial charge in [-0.05, 0) is 41.7 Å². The zero-order valence-corrected chi connectivity index (χ0v) is 20.7. The van der Waals surface area contributed by atoms with E-state index in [0.29, 0.717) is 12.1 Å². The van der Waals surface area contributed by atoms with E-state index < -0.39 is 0 Å². The summed E-state index contributed by atoms with van der Waals surface area (Å²) in [6, 6.07) is 8.08. The van der Waals surface area contributed by atoms with E-state index in [2.05, 4.69) is 53.6 Å². The predicted octanol–water partition coefficient (Wildman–Crippen LogP) is 6.37. The minimum atomic E-state index is -0.217. The van der Waals surface area contributed by atoms with Gasteiger partial charge in [-0.25, -0.2) is 4.90 Å². The highest BCUT2D eigenvalue weighted by molar-refractivity contribution is 8.00. The summed E-state index contributed by atoms with van der Waals surface area (Å²) in [5.41, 5.74) is 2.02. The molecule has 1 unspecified atom stereocenters. The Bertz CT molecular complexity index is 714. The molecule has 0 saturated carbocycles. The van der Waals surface area contributed by atoms with Crippen LogP contribution >= 0.6 is 11.8 Å². The third-order valence-corrected chi connectivity index (χ3v) is 7.75. The number of thioether (sulfide) groups is 1. The Morgan fingerprint density at radius 3 is 2.27 bits per heavy atom. The summed E-state index contributed by atoms with van der Waals surface area (Å²) in [6.07, 6.45) is 7.54. The van der Waals surface area contributed by atoms with E-state index in [1.807, 2.05) is 12.1 Å². The van der Waals surface area contributed by atoms with Gasteiger partial charge in [0.15, 0.2) is 0 Å². The monoisotopic (exact) mass is 429 g/mol. The Hall–Kier alpha value is -1.23. The van der Waals surface area contributed by atoms with Crippen LogP contribution in [0, 0.1) is 0 Å². The molecule has 0 spiro atoms. The summed E-state index contributed by atoms with van der Waals surface area (Å²) < 4.78 is 0. The molecule has 0 radical (unpaired) electrons. The number of benzene rings is 1. The quantitative estimate of drug-likeness (QED) is 0.220. The van der Waals surface area contributed by atoms with Gasteiger partial charge in [-0.1, -0.05) is 84.6 Å². The van der Waals surface area contributed by atoms with Crippen LogP contribution in [0.2, 0.25) is 12.1 Å². The Morgan fingerprint density at radius 2 is 1.67 bits per heavy atom. The maximum Gasteiger partial charge on any atom is 0.247 e. The van der Waals surface area contributed by atoms with Crippen molar-refractivity contribution in [2.24, 2.45) is 0 Å². The van der Waals surface area contributed by atoms with Gasteiger partial charge >= 0.3 is 0 Å². The lowest BCUT2D eigenvalue weighted by Gasteiger charge is -2.34. The topological polar surface area (TPSA) is 37.4 Å². The minimum Gasteiger partial charge on any atom is -0.274 e. The number of carbonyl (C=O) groups is 2. The van der Waals surface area contributed by atoms with Crippen molar-refractivity contribution < 1.29 is 9.59 Å². The Balaban J connectivity index is 1.99. The van der Waals surface area contributed by atoms with Crippen LogP contribution in [0.15, 0.2) is 24.3 Å². The van der Waals surface area contributed by atoms with Crippen LogP contribution in [0.4, 0.5) is 5.69 Å². The van der Waals surface area contributed by atoms with Gasteiger partial charge in [0.2, 0.25) is 11.8 Å². The van der Waals surface area contributed by atoms with Crippen molar-refractivity contribution in [1.29, 1.82) is 0 Å². The van der Waals surface area contributed by atoms with Crippen molar-refractivity contribution in [2.45, 2.75) is 102 Å². The average molecular weight is 429 g/mol. The standard InChI is InChI=1S/C25H40BNO2S/c1-7-8-9-10-11-16-30-21-17-22(28)27(23(21)29)20-14-12-19(13-15-20)24(2,3)18-25(4,5)26-6/h12-15,21,26H,7-11,16-18H2,1-6H3. The number of anilines is 1. The first-order valence-corrected chi connectivity index (χ1v) is 12.7. The van der Waals surface area contributed by atoms with E-state index in [0.717, 1.165) is 25.9 Å². The van der Waals surface area contributed by atoms with Crippen LogP contribution in [0.3, 0.4) is 0 Å². The summed E-state index contributed by atoms with van der Waals surface area (Å²) in [4.78, 5) is 26.8. The van der Waals surface area contributed by atoms with Crippen LogP contribution in [0.1, 0.15) is 85.1 Å². The fourth-order valence-corrected chi connectivity index (χ4v) is 5.59. The molecule has 1 heterocycles. The number of amides is 2. The normalized spacial score (nSPS) is 17.7. The summed E-state index contributed by atoms with van der Waals surface area (Å²) in [5, 5.41) is 0.0643.